The molecular weight excluding hydrogens is 447 g/mol. The first-order chi connectivity index (χ1) is 14.5. The largest absolute Gasteiger partial charge is 0.493 e. The minimum Gasteiger partial charge on any atom is -0.493 e. The number of benzene rings is 3. The molecule has 154 valence electrons. The van der Waals surface area contributed by atoms with Gasteiger partial charge < -0.3 is 9.47 Å². The number of amides is 1. The number of hydrogen-bond donors (Lipinski definition) is 1. The van der Waals surface area contributed by atoms with E-state index in [4.69, 9.17) is 44.3 Å². The molecule has 0 aliphatic rings. The molecule has 0 aliphatic heterocycles. The molecule has 0 aromatic heterocycles. The number of carbonyl (C=O) groups is 1. The number of rotatable bonds is 7. The summed E-state index contributed by atoms with van der Waals surface area (Å²) in [5.41, 5.74) is 4.27. The highest BCUT2D eigenvalue weighted by Crippen LogP contribution is 2.31. The quantitative estimate of drug-likeness (QED) is 0.345. The molecule has 0 saturated heterocycles. The third-order valence-electron chi connectivity index (χ3n) is 4.09. The lowest BCUT2D eigenvalue weighted by Crippen LogP contribution is -2.17. The summed E-state index contributed by atoms with van der Waals surface area (Å²) in [7, 11) is 1.53. The maximum absolute atomic E-state index is 12.1. The van der Waals surface area contributed by atoms with Crippen molar-refractivity contribution in [3.63, 3.8) is 0 Å². The zero-order chi connectivity index (χ0) is 21.5. The van der Waals surface area contributed by atoms with Gasteiger partial charge in [-0.3, -0.25) is 4.79 Å². The van der Waals surface area contributed by atoms with Crippen LogP contribution in [0.3, 0.4) is 0 Å². The second kappa shape index (κ2) is 10.3. The van der Waals surface area contributed by atoms with Crippen molar-refractivity contribution < 1.29 is 14.3 Å². The van der Waals surface area contributed by atoms with Crippen LogP contribution < -0.4 is 14.9 Å². The Balaban J connectivity index is 1.66. The fourth-order valence-electron chi connectivity index (χ4n) is 2.56. The van der Waals surface area contributed by atoms with E-state index >= 15 is 0 Å². The van der Waals surface area contributed by atoms with Crippen LogP contribution >= 0.6 is 34.8 Å². The van der Waals surface area contributed by atoms with Crippen LogP contribution in [0.15, 0.2) is 65.8 Å². The van der Waals surface area contributed by atoms with Crippen molar-refractivity contribution in [2.24, 2.45) is 5.10 Å². The molecule has 0 heterocycles. The Morgan fingerprint density at radius 3 is 2.43 bits per heavy atom. The van der Waals surface area contributed by atoms with Crippen molar-refractivity contribution in [3.8, 4) is 11.5 Å². The molecular formula is C22H17Cl3N2O3. The summed E-state index contributed by atoms with van der Waals surface area (Å²) < 4.78 is 11.2. The Morgan fingerprint density at radius 1 is 1.00 bits per heavy atom. The molecule has 8 heteroatoms. The molecule has 3 aromatic rings. The molecule has 0 aliphatic carbocycles. The first-order valence-electron chi connectivity index (χ1n) is 8.80. The normalized spacial score (nSPS) is 10.8. The highest BCUT2D eigenvalue weighted by atomic mass is 35.5. The van der Waals surface area contributed by atoms with Crippen LogP contribution in [-0.2, 0) is 6.61 Å². The lowest BCUT2D eigenvalue weighted by Gasteiger charge is -2.13. The van der Waals surface area contributed by atoms with Gasteiger partial charge >= 0.3 is 0 Å². The monoisotopic (exact) mass is 462 g/mol. The number of carbonyl (C=O) groups excluding carboxylic acids is 1. The second-order valence-electron chi connectivity index (χ2n) is 6.11. The highest BCUT2D eigenvalue weighted by Gasteiger charge is 2.10. The van der Waals surface area contributed by atoms with Crippen LogP contribution in [0.1, 0.15) is 21.5 Å². The lowest BCUT2D eigenvalue weighted by molar-refractivity contribution is 0.0955. The summed E-state index contributed by atoms with van der Waals surface area (Å²) in [5, 5.41) is 5.50. The second-order valence-corrected chi connectivity index (χ2v) is 7.36. The average molecular weight is 464 g/mol. The Morgan fingerprint density at radius 2 is 1.73 bits per heavy atom. The summed E-state index contributed by atoms with van der Waals surface area (Å²) in [4.78, 5) is 12.1. The fraction of sp³-hybridized carbons (Fsp3) is 0.0909. The lowest BCUT2D eigenvalue weighted by atomic mass is 10.2. The Labute approximate surface area is 189 Å². The van der Waals surface area contributed by atoms with E-state index in [1.54, 1.807) is 60.7 Å². The van der Waals surface area contributed by atoms with Gasteiger partial charge in [-0.15, -0.1) is 0 Å². The first-order valence-corrected chi connectivity index (χ1v) is 9.94. The molecule has 3 rings (SSSR count). The van der Waals surface area contributed by atoms with Crippen molar-refractivity contribution in [2.45, 2.75) is 6.61 Å². The molecule has 1 N–H and O–H groups in total. The summed E-state index contributed by atoms with van der Waals surface area (Å²) >= 11 is 18.2. The highest BCUT2D eigenvalue weighted by molar-refractivity contribution is 6.36. The van der Waals surface area contributed by atoms with Gasteiger partial charge in [-0.1, -0.05) is 46.9 Å². The summed E-state index contributed by atoms with van der Waals surface area (Å²) in [6, 6.07) is 17.1. The van der Waals surface area contributed by atoms with Crippen molar-refractivity contribution in [3.05, 3.63) is 92.4 Å². The van der Waals surface area contributed by atoms with Crippen LogP contribution in [-0.4, -0.2) is 19.2 Å². The van der Waals surface area contributed by atoms with Crippen molar-refractivity contribution in [1.29, 1.82) is 0 Å². The zero-order valence-electron chi connectivity index (χ0n) is 15.9. The number of methoxy groups -OCH3 is 1. The van der Waals surface area contributed by atoms with Crippen LogP contribution in [0, 0.1) is 0 Å². The molecule has 0 fully saturated rings. The summed E-state index contributed by atoms with van der Waals surface area (Å²) in [6.07, 6.45) is 1.50. The van der Waals surface area contributed by atoms with Gasteiger partial charge in [0.15, 0.2) is 11.5 Å². The van der Waals surface area contributed by atoms with Crippen LogP contribution in [0.2, 0.25) is 15.1 Å². The Hall–Kier alpha value is -2.73. The van der Waals surface area contributed by atoms with Crippen LogP contribution in [0.25, 0.3) is 0 Å². The summed E-state index contributed by atoms with van der Waals surface area (Å²) in [6.45, 7) is 0.192. The topological polar surface area (TPSA) is 59.9 Å². The Kier molecular flexibility index (Phi) is 7.57. The summed E-state index contributed by atoms with van der Waals surface area (Å²) in [5.74, 6) is 0.661. The number of nitrogens with zero attached hydrogens (tertiary/aromatic N) is 1. The van der Waals surface area contributed by atoms with Crippen molar-refractivity contribution in [1.82, 2.24) is 5.43 Å². The molecule has 0 atom stereocenters. The minimum atomic E-state index is -0.364. The van der Waals surface area contributed by atoms with E-state index < -0.39 is 0 Å². The van der Waals surface area contributed by atoms with Crippen LogP contribution in [0.5, 0.6) is 11.5 Å². The van der Waals surface area contributed by atoms with Crippen molar-refractivity contribution in [2.75, 3.05) is 7.11 Å². The maximum atomic E-state index is 12.1. The number of ether oxygens (including phenoxy) is 2. The molecule has 30 heavy (non-hydrogen) atoms. The molecule has 3 aromatic carbocycles. The van der Waals surface area contributed by atoms with E-state index in [2.05, 4.69) is 10.5 Å². The number of hydrogen-bond acceptors (Lipinski definition) is 4. The molecule has 0 spiro atoms. The molecule has 0 saturated carbocycles. The van der Waals surface area contributed by atoms with Gasteiger partial charge in [0, 0.05) is 26.2 Å². The SMILES string of the molecule is COc1cc(/C=N\NC(=O)c2cccc(Cl)c2)ccc1OCc1c(Cl)cccc1Cl. The number of hydrazone groups is 1. The van der Waals surface area contributed by atoms with Gasteiger partial charge in [0.05, 0.1) is 13.3 Å². The van der Waals surface area contributed by atoms with Gasteiger partial charge in [0.25, 0.3) is 5.91 Å². The molecule has 0 radical (unpaired) electrons. The van der Waals surface area contributed by atoms with Gasteiger partial charge in [0.1, 0.15) is 6.61 Å². The first kappa shape index (κ1) is 22.0. The third-order valence-corrected chi connectivity index (χ3v) is 5.03. The minimum absolute atomic E-state index is 0.192. The van der Waals surface area contributed by atoms with Gasteiger partial charge in [-0.2, -0.15) is 5.10 Å². The Bertz CT molecular complexity index is 1070. The average Bonchev–Trinajstić information content (AvgIpc) is 2.74. The van der Waals surface area contributed by atoms with E-state index in [0.29, 0.717) is 43.3 Å². The third kappa shape index (κ3) is 5.66. The van der Waals surface area contributed by atoms with Crippen molar-refractivity contribution >= 4 is 46.9 Å². The maximum Gasteiger partial charge on any atom is 0.271 e. The van der Waals surface area contributed by atoms with E-state index in [1.807, 2.05) is 0 Å². The predicted molar refractivity (Wildman–Crippen MR) is 120 cm³/mol. The molecule has 5 nitrogen and oxygen atoms in total. The van der Waals surface area contributed by atoms with E-state index in [1.165, 1.54) is 13.3 Å². The number of nitrogens with one attached hydrogen (secondary N) is 1. The van der Waals surface area contributed by atoms with Gasteiger partial charge in [-0.25, -0.2) is 5.43 Å². The molecule has 0 unspecified atom stereocenters. The van der Waals surface area contributed by atoms with Gasteiger partial charge in [-0.05, 0) is 54.1 Å². The fourth-order valence-corrected chi connectivity index (χ4v) is 3.26. The predicted octanol–water partition coefficient (Wildman–Crippen LogP) is 6.00. The zero-order valence-corrected chi connectivity index (χ0v) is 18.1. The molecule has 0 bridgehead atoms. The number of halogens is 3. The standard InChI is InChI=1S/C22H17Cl3N2O3/c1-29-21-10-14(12-26-27-22(28)15-4-2-5-16(23)11-15)8-9-20(21)30-13-17-18(24)6-3-7-19(17)25/h2-12H,13H2,1H3,(H,27,28)/b26-12-. The van der Waals surface area contributed by atoms with E-state index in [-0.39, 0.29) is 12.5 Å². The van der Waals surface area contributed by atoms with E-state index in [9.17, 15) is 4.79 Å². The smallest absolute Gasteiger partial charge is 0.271 e. The molecule has 1 amide bonds. The van der Waals surface area contributed by atoms with Gasteiger partial charge in [0.2, 0.25) is 0 Å². The van der Waals surface area contributed by atoms with E-state index in [0.717, 1.165) is 0 Å². The van der Waals surface area contributed by atoms with Crippen LogP contribution in [0.4, 0.5) is 0 Å².